The topological polar surface area (TPSA) is 37.3 Å². The highest BCUT2D eigenvalue weighted by Crippen LogP contribution is 2.23. The van der Waals surface area contributed by atoms with Gasteiger partial charge in [-0.2, -0.15) is 5.10 Å². The Morgan fingerprint density at radius 1 is 1.10 bits per heavy atom. The predicted octanol–water partition coefficient (Wildman–Crippen LogP) is 4.67. The number of aromatic nitrogens is 1. The highest BCUT2D eigenvalue weighted by atomic mass is 32.1. The molecular weight excluding hydrogens is 278 g/mol. The van der Waals surface area contributed by atoms with E-state index in [1.54, 1.807) is 11.3 Å². The van der Waals surface area contributed by atoms with Crippen LogP contribution in [0.5, 0.6) is 0 Å². The van der Waals surface area contributed by atoms with E-state index in [1.165, 1.54) is 21.4 Å². The Kier molecular flexibility index (Phi) is 3.71. The Hall–Kier alpha value is -2.20. The van der Waals surface area contributed by atoms with Crippen molar-refractivity contribution in [2.75, 3.05) is 5.43 Å². The Labute approximate surface area is 128 Å². The van der Waals surface area contributed by atoms with Gasteiger partial charge in [-0.15, -0.1) is 11.3 Å². The average molecular weight is 295 g/mol. The number of hydrogen-bond donors (Lipinski definition) is 1. The summed E-state index contributed by atoms with van der Waals surface area (Å²) >= 11 is 1.72. The van der Waals surface area contributed by atoms with Crippen molar-refractivity contribution in [2.24, 2.45) is 5.10 Å². The Balaban J connectivity index is 1.86. The van der Waals surface area contributed by atoms with Gasteiger partial charge in [-0.3, -0.25) is 5.43 Å². The van der Waals surface area contributed by atoms with Crippen LogP contribution < -0.4 is 5.43 Å². The zero-order valence-corrected chi connectivity index (χ0v) is 13.2. The number of benzene rings is 1. The summed E-state index contributed by atoms with van der Waals surface area (Å²) in [5.74, 6) is 0.773. The van der Waals surface area contributed by atoms with Crippen molar-refractivity contribution in [1.29, 1.82) is 0 Å². The van der Waals surface area contributed by atoms with Gasteiger partial charge < -0.3 is 0 Å². The molecule has 0 saturated carbocycles. The first-order chi connectivity index (χ1) is 10.1. The van der Waals surface area contributed by atoms with Crippen LogP contribution in [-0.2, 0) is 0 Å². The molecule has 106 valence electrons. The van der Waals surface area contributed by atoms with Crippen molar-refractivity contribution in [3.8, 4) is 0 Å². The van der Waals surface area contributed by atoms with Gasteiger partial charge in [0.25, 0.3) is 0 Å². The average Bonchev–Trinajstić information content (AvgIpc) is 2.84. The van der Waals surface area contributed by atoms with Crippen LogP contribution in [0, 0.1) is 20.8 Å². The van der Waals surface area contributed by atoms with Crippen molar-refractivity contribution in [1.82, 2.24) is 4.98 Å². The SMILES string of the molecule is Cc1ccc(/C=N/Nc2cc(C)c3c(C)cccc3n2)s1. The van der Waals surface area contributed by atoms with Crippen molar-refractivity contribution >= 4 is 34.3 Å². The molecule has 2 aromatic heterocycles. The smallest absolute Gasteiger partial charge is 0.147 e. The molecule has 4 heteroatoms. The molecule has 0 spiro atoms. The lowest BCUT2D eigenvalue weighted by molar-refractivity contribution is 1.25. The van der Waals surface area contributed by atoms with Gasteiger partial charge in [-0.1, -0.05) is 12.1 Å². The second-order valence-electron chi connectivity index (χ2n) is 5.11. The largest absolute Gasteiger partial charge is 0.261 e. The van der Waals surface area contributed by atoms with Crippen molar-refractivity contribution in [3.63, 3.8) is 0 Å². The standard InChI is InChI=1S/C17H17N3S/c1-11-5-4-6-15-17(11)12(2)9-16(19-15)20-18-10-14-8-7-13(3)21-14/h4-10H,1-3H3,(H,19,20)/b18-10+. The quantitative estimate of drug-likeness (QED) is 0.563. The number of aryl methyl sites for hydroxylation is 3. The number of anilines is 1. The molecule has 1 aromatic carbocycles. The lowest BCUT2D eigenvalue weighted by Gasteiger charge is -2.07. The molecule has 0 radical (unpaired) electrons. The minimum Gasteiger partial charge on any atom is -0.261 e. The van der Waals surface area contributed by atoms with E-state index in [9.17, 15) is 0 Å². The maximum Gasteiger partial charge on any atom is 0.147 e. The van der Waals surface area contributed by atoms with Gasteiger partial charge in [-0.05, 0) is 56.2 Å². The van der Waals surface area contributed by atoms with Gasteiger partial charge >= 0.3 is 0 Å². The van der Waals surface area contributed by atoms with E-state index < -0.39 is 0 Å². The van der Waals surface area contributed by atoms with Gasteiger partial charge in [-0.25, -0.2) is 4.98 Å². The fourth-order valence-corrected chi connectivity index (χ4v) is 3.19. The number of fused-ring (bicyclic) bond motifs is 1. The molecule has 0 aliphatic heterocycles. The molecule has 0 amide bonds. The number of nitrogens with zero attached hydrogens (tertiary/aromatic N) is 2. The maximum atomic E-state index is 4.61. The number of thiophene rings is 1. The molecule has 3 aromatic rings. The van der Waals surface area contributed by atoms with Crippen LogP contribution in [0.25, 0.3) is 10.9 Å². The molecule has 0 unspecified atom stereocenters. The number of hydrogen-bond acceptors (Lipinski definition) is 4. The van der Waals surface area contributed by atoms with Gasteiger partial charge in [0.1, 0.15) is 5.82 Å². The third-order valence-corrected chi connectivity index (χ3v) is 4.31. The second kappa shape index (κ2) is 5.66. The minimum atomic E-state index is 0.773. The second-order valence-corrected chi connectivity index (χ2v) is 6.43. The van der Waals surface area contributed by atoms with Crippen LogP contribution in [0.4, 0.5) is 5.82 Å². The molecule has 21 heavy (non-hydrogen) atoms. The highest BCUT2D eigenvalue weighted by molar-refractivity contribution is 7.13. The van der Waals surface area contributed by atoms with E-state index in [2.05, 4.69) is 54.5 Å². The summed E-state index contributed by atoms with van der Waals surface area (Å²) in [5.41, 5.74) is 6.48. The number of nitrogens with one attached hydrogen (secondary N) is 1. The lowest BCUT2D eigenvalue weighted by Crippen LogP contribution is -1.95. The zero-order chi connectivity index (χ0) is 14.8. The van der Waals surface area contributed by atoms with Crippen LogP contribution in [0.3, 0.4) is 0 Å². The Bertz CT molecular complexity index is 818. The molecule has 2 heterocycles. The first-order valence-electron chi connectivity index (χ1n) is 6.86. The molecule has 0 aliphatic carbocycles. The molecule has 0 saturated heterocycles. The van der Waals surface area contributed by atoms with Gasteiger partial charge in [0.2, 0.25) is 0 Å². The summed E-state index contributed by atoms with van der Waals surface area (Å²) in [6.45, 7) is 6.31. The zero-order valence-electron chi connectivity index (χ0n) is 12.3. The molecule has 0 atom stereocenters. The summed E-state index contributed by atoms with van der Waals surface area (Å²) in [5, 5.41) is 5.49. The summed E-state index contributed by atoms with van der Waals surface area (Å²) in [4.78, 5) is 7.03. The highest BCUT2D eigenvalue weighted by Gasteiger charge is 2.04. The van der Waals surface area contributed by atoms with Crippen LogP contribution in [0.1, 0.15) is 20.9 Å². The molecule has 3 nitrogen and oxygen atoms in total. The fraction of sp³-hybridized carbons (Fsp3) is 0.176. The normalized spacial score (nSPS) is 11.4. The monoisotopic (exact) mass is 295 g/mol. The van der Waals surface area contributed by atoms with E-state index >= 15 is 0 Å². The van der Waals surface area contributed by atoms with Crippen molar-refractivity contribution < 1.29 is 0 Å². The lowest BCUT2D eigenvalue weighted by atomic mass is 10.1. The van der Waals surface area contributed by atoms with Crippen molar-refractivity contribution in [2.45, 2.75) is 20.8 Å². The molecular formula is C17H17N3S. The predicted molar refractivity (Wildman–Crippen MR) is 91.5 cm³/mol. The summed E-state index contributed by atoms with van der Waals surface area (Å²) in [6, 6.07) is 12.4. The van der Waals surface area contributed by atoms with E-state index in [0.717, 1.165) is 16.2 Å². The van der Waals surface area contributed by atoms with Gasteiger partial charge in [0.05, 0.1) is 11.7 Å². The summed E-state index contributed by atoms with van der Waals surface area (Å²) < 4.78 is 0. The van der Waals surface area contributed by atoms with E-state index in [0.29, 0.717) is 0 Å². The van der Waals surface area contributed by atoms with E-state index in [4.69, 9.17) is 0 Å². The van der Waals surface area contributed by atoms with Gasteiger partial charge in [0.15, 0.2) is 0 Å². The molecule has 0 fully saturated rings. The first-order valence-corrected chi connectivity index (χ1v) is 7.67. The summed E-state index contributed by atoms with van der Waals surface area (Å²) in [7, 11) is 0. The Morgan fingerprint density at radius 2 is 1.95 bits per heavy atom. The van der Waals surface area contributed by atoms with Crippen LogP contribution in [-0.4, -0.2) is 11.2 Å². The van der Waals surface area contributed by atoms with Crippen LogP contribution in [0.15, 0.2) is 41.5 Å². The fourth-order valence-electron chi connectivity index (χ4n) is 2.44. The molecule has 3 rings (SSSR count). The van der Waals surface area contributed by atoms with E-state index in [-0.39, 0.29) is 0 Å². The number of hydrazone groups is 1. The van der Waals surface area contributed by atoms with Crippen LogP contribution >= 0.6 is 11.3 Å². The third-order valence-electron chi connectivity index (χ3n) is 3.37. The first kappa shape index (κ1) is 13.8. The van der Waals surface area contributed by atoms with Crippen LogP contribution in [0.2, 0.25) is 0 Å². The molecule has 0 bridgehead atoms. The minimum absolute atomic E-state index is 0.773. The third kappa shape index (κ3) is 2.95. The number of rotatable bonds is 3. The summed E-state index contributed by atoms with van der Waals surface area (Å²) in [6.07, 6.45) is 1.83. The van der Waals surface area contributed by atoms with Crippen molar-refractivity contribution in [3.05, 3.63) is 57.3 Å². The molecule has 1 N–H and O–H groups in total. The Morgan fingerprint density at radius 3 is 2.71 bits per heavy atom. The molecule has 0 aliphatic rings. The number of pyridine rings is 1. The maximum absolute atomic E-state index is 4.61. The van der Waals surface area contributed by atoms with E-state index in [1.807, 2.05) is 24.4 Å². The van der Waals surface area contributed by atoms with Gasteiger partial charge in [0, 0.05) is 15.1 Å².